The van der Waals surface area contributed by atoms with Crippen molar-refractivity contribution in [2.75, 3.05) is 11.1 Å². The van der Waals surface area contributed by atoms with Crippen LogP contribution in [0.3, 0.4) is 0 Å². The van der Waals surface area contributed by atoms with E-state index in [4.69, 9.17) is 5.73 Å². The van der Waals surface area contributed by atoms with Crippen LogP contribution in [-0.2, 0) is 7.05 Å². The van der Waals surface area contributed by atoms with Crippen molar-refractivity contribution in [1.82, 2.24) is 9.78 Å². The van der Waals surface area contributed by atoms with Crippen molar-refractivity contribution >= 4 is 29.8 Å². The molecule has 1 amide bonds. The molecule has 23 heavy (non-hydrogen) atoms. The summed E-state index contributed by atoms with van der Waals surface area (Å²) in [6.07, 6.45) is 6.25. The molecule has 0 unspecified atom stereocenters. The van der Waals surface area contributed by atoms with E-state index in [2.05, 4.69) is 10.4 Å². The van der Waals surface area contributed by atoms with E-state index in [1.165, 1.54) is 32.1 Å². The van der Waals surface area contributed by atoms with E-state index >= 15 is 0 Å². The number of anilines is 2. The number of nitrogens with zero attached hydrogens (tertiary/aromatic N) is 2. The Morgan fingerprint density at radius 2 is 2.00 bits per heavy atom. The summed E-state index contributed by atoms with van der Waals surface area (Å²) in [6, 6.07) is 8.97. The maximum atomic E-state index is 12.3. The average Bonchev–Trinajstić information content (AvgIpc) is 2.89. The second-order valence-corrected chi connectivity index (χ2v) is 5.99. The molecule has 1 aromatic carbocycles. The summed E-state index contributed by atoms with van der Waals surface area (Å²) in [6.45, 7) is 0. The monoisotopic (exact) mass is 334 g/mol. The molecule has 1 aromatic heterocycles. The number of carbonyl (C=O) groups is 1. The molecule has 3 rings (SSSR count). The maximum absolute atomic E-state index is 12.3. The molecule has 1 fully saturated rings. The Morgan fingerprint density at radius 1 is 1.26 bits per heavy atom. The highest BCUT2D eigenvalue weighted by Crippen LogP contribution is 2.32. The first-order valence-corrected chi connectivity index (χ1v) is 7.84. The lowest BCUT2D eigenvalue weighted by Gasteiger charge is -2.19. The summed E-state index contributed by atoms with van der Waals surface area (Å²) in [7, 11) is 1.86. The van der Waals surface area contributed by atoms with Crippen LogP contribution in [0.2, 0.25) is 0 Å². The van der Waals surface area contributed by atoms with E-state index in [0.29, 0.717) is 17.2 Å². The first-order valence-electron chi connectivity index (χ1n) is 7.84. The molecule has 1 saturated carbocycles. The van der Waals surface area contributed by atoms with Crippen LogP contribution in [0.15, 0.2) is 30.3 Å². The van der Waals surface area contributed by atoms with Gasteiger partial charge in [-0.25, -0.2) is 0 Å². The summed E-state index contributed by atoms with van der Waals surface area (Å²) >= 11 is 0. The van der Waals surface area contributed by atoms with Crippen molar-refractivity contribution in [2.45, 2.75) is 38.0 Å². The minimum Gasteiger partial charge on any atom is -0.399 e. The Balaban J connectivity index is 0.00000192. The van der Waals surface area contributed by atoms with Gasteiger partial charge in [0.2, 0.25) is 0 Å². The summed E-state index contributed by atoms with van der Waals surface area (Å²) in [5.41, 5.74) is 7.95. The first kappa shape index (κ1) is 17.3. The molecule has 2 aromatic rings. The molecule has 0 atom stereocenters. The fourth-order valence-electron chi connectivity index (χ4n) is 3.07. The van der Waals surface area contributed by atoms with Gasteiger partial charge in [0, 0.05) is 30.3 Å². The van der Waals surface area contributed by atoms with Gasteiger partial charge in [-0.3, -0.25) is 9.48 Å². The lowest BCUT2D eigenvalue weighted by atomic mass is 9.87. The number of nitrogen functional groups attached to an aromatic ring is 1. The highest BCUT2D eigenvalue weighted by molar-refractivity contribution is 6.04. The average molecular weight is 335 g/mol. The number of amides is 1. The van der Waals surface area contributed by atoms with Gasteiger partial charge in [0.1, 0.15) is 5.82 Å². The number of carbonyl (C=O) groups excluding carboxylic acids is 1. The van der Waals surface area contributed by atoms with Crippen LogP contribution in [0, 0.1) is 0 Å². The highest BCUT2D eigenvalue weighted by atomic mass is 35.5. The van der Waals surface area contributed by atoms with E-state index in [1.54, 1.807) is 28.9 Å². The van der Waals surface area contributed by atoms with Crippen LogP contribution in [-0.4, -0.2) is 15.7 Å². The molecule has 5 nitrogen and oxygen atoms in total. The normalized spacial score (nSPS) is 15.0. The van der Waals surface area contributed by atoms with Crippen LogP contribution < -0.4 is 11.1 Å². The number of nitrogens with two attached hydrogens (primary N) is 1. The van der Waals surface area contributed by atoms with Crippen molar-refractivity contribution in [3.8, 4) is 0 Å². The number of halogens is 1. The summed E-state index contributed by atoms with van der Waals surface area (Å²) in [5.74, 6) is 1.09. The standard InChI is InChI=1S/C17H22N4O.ClH/c1-21-16(11-15(20-21)12-6-3-2-4-7-12)19-17(22)13-8-5-9-14(18)10-13;/h5,8-12H,2-4,6-7,18H2,1H3,(H,19,22);1H. The largest absolute Gasteiger partial charge is 0.399 e. The number of aromatic nitrogens is 2. The molecule has 0 radical (unpaired) electrons. The molecule has 1 aliphatic carbocycles. The Bertz CT molecular complexity index is 677. The summed E-state index contributed by atoms with van der Waals surface area (Å²) in [4.78, 5) is 12.3. The summed E-state index contributed by atoms with van der Waals surface area (Å²) < 4.78 is 1.74. The fraction of sp³-hybridized carbons (Fsp3) is 0.412. The third-order valence-electron chi connectivity index (χ3n) is 4.31. The molecule has 6 heteroatoms. The van der Waals surface area contributed by atoms with Crippen molar-refractivity contribution in [1.29, 1.82) is 0 Å². The molecule has 0 saturated heterocycles. The van der Waals surface area contributed by atoms with Crippen molar-refractivity contribution < 1.29 is 4.79 Å². The van der Waals surface area contributed by atoms with Crippen LogP contribution in [0.5, 0.6) is 0 Å². The molecule has 0 spiro atoms. The Morgan fingerprint density at radius 3 is 2.70 bits per heavy atom. The van der Waals surface area contributed by atoms with Gasteiger partial charge in [0.25, 0.3) is 5.91 Å². The van der Waals surface area contributed by atoms with Gasteiger partial charge in [-0.1, -0.05) is 25.3 Å². The Labute approximate surface area is 142 Å². The molecular formula is C17H23ClN4O. The van der Waals surface area contributed by atoms with E-state index in [0.717, 1.165) is 11.5 Å². The summed E-state index contributed by atoms with van der Waals surface area (Å²) in [5, 5.41) is 7.50. The van der Waals surface area contributed by atoms with Gasteiger partial charge >= 0.3 is 0 Å². The lowest BCUT2D eigenvalue weighted by molar-refractivity contribution is 0.102. The van der Waals surface area contributed by atoms with Gasteiger partial charge in [0.15, 0.2) is 0 Å². The quantitative estimate of drug-likeness (QED) is 0.840. The van der Waals surface area contributed by atoms with Gasteiger partial charge in [-0.05, 0) is 31.0 Å². The zero-order valence-electron chi connectivity index (χ0n) is 13.3. The number of nitrogens with one attached hydrogen (secondary N) is 1. The number of hydrogen-bond donors (Lipinski definition) is 2. The number of hydrogen-bond acceptors (Lipinski definition) is 3. The zero-order chi connectivity index (χ0) is 15.5. The second-order valence-electron chi connectivity index (χ2n) is 5.99. The Hall–Kier alpha value is -2.01. The number of aryl methyl sites for hydroxylation is 1. The number of rotatable bonds is 3. The fourth-order valence-corrected chi connectivity index (χ4v) is 3.07. The van der Waals surface area contributed by atoms with Gasteiger partial charge in [-0.2, -0.15) is 5.10 Å². The van der Waals surface area contributed by atoms with Gasteiger partial charge in [0.05, 0.1) is 5.69 Å². The lowest BCUT2D eigenvalue weighted by Crippen LogP contribution is -2.14. The topological polar surface area (TPSA) is 72.9 Å². The van der Waals surface area contributed by atoms with Crippen LogP contribution >= 0.6 is 12.4 Å². The van der Waals surface area contributed by atoms with E-state index in [9.17, 15) is 4.79 Å². The molecule has 124 valence electrons. The SMILES string of the molecule is Cl.Cn1nc(C2CCCCC2)cc1NC(=O)c1cccc(N)c1. The number of benzene rings is 1. The Kier molecular flexibility index (Phi) is 5.66. The molecule has 1 aliphatic rings. The van der Waals surface area contributed by atoms with Crippen LogP contribution in [0.4, 0.5) is 11.5 Å². The van der Waals surface area contributed by atoms with Crippen molar-refractivity contribution in [3.05, 3.63) is 41.6 Å². The van der Waals surface area contributed by atoms with Crippen LogP contribution in [0.25, 0.3) is 0 Å². The molecular weight excluding hydrogens is 312 g/mol. The predicted octanol–water partition coefficient (Wildman–Crippen LogP) is 3.72. The molecule has 3 N–H and O–H groups in total. The van der Waals surface area contributed by atoms with Crippen molar-refractivity contribution in [3.63, 3.8) is 0 Å². The van der Waals surface area contributed by atoms with E-state index in [-0.39, 0.29) is 18.3 Å². The first-order chi connectivity index (χ1) is 10.6. The maximum Gasteiger partial charge on any atom is 0.256 e. The van der Waals surface area contributed by atoms with Crippen LogP contribution in [0.1, 0.15) is 54.1 Å². The molecule has 0 bridgehead atoms. The predicted molar refractivity (Wildman–Crippen MR) is 95.1 cm³/mol. The molecule has 0 aliphatic heterocycles. The zero-order valence-corrected chi connectivity index (χ0v) is 14.1. The third kappa shape index (κ3) is 4.05. The third-order valence-corrected chi connectivity index (χ3v) is 4.31. The highest BCUT2D eigenvalue weighted by Gasteiger charge is 2.20. The van der Waals surface area contributed by atoms with Gasteiger partial charge in [-0.15, -0.1) is 12.4 Å². The minimum atomic E-state index is -0.162. The van der Waals surface area contributed by atoms with E-state index < -0.39 is 0 Å². The minimum absolute atomic E-state index is 0. The van der Waals surface area contributed by atoms with E-state index in [1.807, 2.05) is 13.1 Å². The smallest absolute Gasteiger partial charge is 0.256 e. The second kappa shape index (κ2) is 7.51. The van der Waals surface area contributed by atoms with Crippen molar-refractivity contribution in [2.24, 2.45) is 7.05 Å². The van der Waals surface area contributed by atoms with Gasteiger partial charge < -0.3 is 11.1 Å². The molecule has 1 heterocycles.